The molecule has 4 rings (SSSR count). The summed E-state index contributed by atoms with van der Waals surface area (Å²) in [4.78, 5) is 21.2. The third kappa shape index (κ3) is 4.69. The Morgan fingerprint density at radius 3 is 2.52 bits per heavy atom. The van der Waals surface area contributed by atoms with E-state index in [0.717, 1.165) is 25.8 Å². The Hall–Kier alpha value is -2.63. The molecule has 4 aromatic rings. The number of amides is 1. The minimum atomic E-state index is -0.0286. The SMILES string of the molecule is CC(C)Sc1cccc(C(=O)N(Cc2ccccc2)c2nc3ccccc3s2)c1. The average molecular weight is 419 g/mol. The molecule has 0 unspecified atom stereocenters. The van der Waals surface area contributed by atoms with Gasteiger partial charge in [-0.15, -0.1) is 11.8 Å². The smallest absolute Gasteiger partial charge is 0.260 e. The van der Waals surface area contributed by atoms with Crippen molar-refractivity contribution in [3.8, 4) is 0 Å². The Kier molecular flexibility index (Phi) is 5.97. The summed E-state index contributed by atoms with van der Waals surface area (Å²) in [5.41, 5.74) is 2.68. The number of thioether (sulfide) groups is 1. The normalized spacial score (nSPS) is 11.1. The Morgan fingerprint density at radius 2 is 1.76 bits per heavy atom. The number of rotatable bonds is 6. The number of thiazole rings is 1. The van der Waals surface area contributed by atoms with Crippen LogP contribution in [0.4, 0.5) is 5.13 Å². The molecular weight excluding hydrogens is 396 g/mol. The number of hydrogen-bond donors (Lipinski definition) is 0. The van der Waals surface area contributed by atoms with Gasteiger partial charge in [-0.3, -0.25) is 9.69 Å². The summed E-state index contributed by atoms with van der Waals surface area (Å²) in [6, 6.07) is 25.9. The number of nitrogens with zero attached hydrogens (tertiary/aromatic N) is 2. The standard InChI is InChI=1S/C24H22N2OS2/c1-17(2)28-20-12-8-11-19(15-20)23(27)26(16-18-9-4-3-5-10-18)24-25-21-13-6-7-14-22(21)29-24/h3-15,17H,16H2,1-2H3. The third-order valence-corrected chi connectivity index (χ3v) is 6.45. The fourth-order valence-electron chi connectivity index (χ4n) is 3.10. The lowest BCUT2D eigenvalue weighted by atomic mass is 10.1. The Morgan fingerprint density at radius 1 is 1.00 bits per heavy atom. The maximum absolute atomic E-state index is 13.5. The van der Waals surface area contributed by atoms with Gasteiger partial charge in [-0.25, -0.2) is 4.98 Å². The van der Waals surface area contributed by atoms with E-state index >= 15 is 0 Å². The van der Waals surface area contributed by atoms with Crippen LogP contribution in [0.5, 0.6) is 0 Å². The van der Waals surface area contributed by atoms with Gasteiger partial charge >= 0.3 is 0 Å². The predicted molar refractivity (Wildman–Crippen MR) is 124 cm³/mol. The molecule has 3 aromatic carbocycles. The molecule has 0 aliphatic carbocycles. The minimum Gasteiger partial charge on any atom is -0.279 e. The van der Waals surface area contributed by atoms with Gasteiger partial charge < -0.3 is 0 Å². The van der Waals surface area contributed by atoms with Crippen molar-refractivity contribution in [2.75, 3.05) is 4.90 Å². The number of carbonyl (C=O) groups is 1. The average Bonchev–Trinajstić information content (AvgIpc) is 3.16. The molecule has 0 radical (unpaired) electrons. The Balaban J connectivity index is 1.72. The summed E-state index contributed by atoms with van der Waals surface area (Å²) in [5.74, 6) is -0.0286. The number of aromatic nitrogens is 1. The highest BCUT2D eigenvalue weighted by atomic mass is 32.2. The zero-order valence-corrected chi connectivity index (χ0v) is 18.0. The van der Waals surface area contributed by atoms with Gasteiger partial charge in [0.05, 0.1) is 16.8 Å². The zero-order valence-electron chi connectivity index (χ0n) is 16.4. The summed E-state index contributed by atoms with van der Waals surface area (Å²) < 4.78 is 1.08. The first-order chi connectivity index (χ1) is 14.1. The number of fused-ring (bicyclic) bond motifs is 1. The molecule has 3 nitrogen and oxygen atoms in total. The predicted octanol–water partition coefficient (Wildman–Crippen LogP) is 6.64. The fraction of sp³-hybridized carbons (Fsp3) is 0.167. The summed E-state index contributed by atoms with van der Waals surface area (Å²) in [5, 5.41) is 1.19. The maximum atomic E-state index is 13.5. The summed E-state index contributed by atoms with van der Waals surface area (Å²) in [7, 11) is 0. The molecule has 1 aromatic heterocycles. The third-order valence-electron chi connectivity index (χ3n) is 4.39. The van der Waals surface area contributed by atoms with Gasteiger partial charge in [-0.2, -0.15) is 0 Å². The highest BCUT2D eigenvalue weighted by Crippen LogP contribution is 2.31. The number of hydrogen-bond acceptors (Lipinski definition) is 4. The highest BCUT2D eigenvalue weighted by molar-refractivity contribution is 7.99. The van der Waals surface area contributed by atoms with Gasteiger partial charge in [0.25, 0.3) is 5.91 Å². The minimum absolute atomic E-state index is 0.0286. The van der Waals surface area contributed by atoms with E-state index < -0.39 is 0 Å². The molecule has 0 aliphatic rings. The van der Waals surface area contributed by atoms with Crippen LogP contribution in [0.1, 0.15) is 29.8 Å². The second kappa shape index (κ2) is 8.80. The van der Waals surface area contributed by atoms with E-state index in [1.807, 2.05) is 72.8 Å². The number of benzene rings is 3. The van der Waals surface area contributed by atoms with E-state index in [-0.39, 0.29) is 5.91 Å². The van der Waals surface area contributed by atoms with Gasteiger partial charge in [0, 0.05) is 15.7 Å². The lowest BCUT2D eigenvalue weighted by molar-refractivity contribution is 0.0985. The first-order valence-corrected chi connectivity index (χ1v) is 11.3. The van der Waals surface area contributed by atoms with Gasteiger partial charge in [-0.05, 0) is 35.9 Å². The second-order valence-electron chi connectivity index (χ2n) is 7.04. The quantitative estimate of drug-likeness (QED) is 0.329. The van der Waals surface area contributed by atoms with Gasteiger partial charge in [0.15, 0.2) is 5.13 Å². The van der Waals surface area contributed by atoms with Crippen molar-refractivity contribution in [1.82, 2.24) is 4.98 Å². The molecule has 146 valence electrons. The van der Waals surface area contributed by atoms with Gasteiger partial charge in [0.1, 0.15) is 0 Å². The highest BCUT2D eigenvalue weighted by Gasteiger charge is 2.22. The van der Waals surface area contributed by atoms with E-state index in [4.69, 9.17) is 4.98 Å². The molecule has 0 fully saturated rings. The molecule has 29 heavy (non-hydrogen) atoms. The molecule has 0 aliphatic heterocycles. The van der Waals surface area contributed by atoms with Gasteiger partial charge in [-0.1, -0.05) is 73.7 Å². The molecule has 0 atom stereocenters. The van der Waals surface area contributed by atoms with Crippen molar-refractivity contribution in [3.63, 3.8) is 0 Å². The van der Waals surface area contributed by atoms with Crippen LogP contribution in [0.15, 0.2) is 83.8 Å². The summed E-state index contributed by atoms with van der Waals surface area (Å²) >= 11 is 3.31. The number of para-hydroxylation sites is 1. The summed E-state index contributed by atoms with van der Waals surface area (Å²) in [6.07, 6.45) is 0. The molecule has 0 spiro atoms. The first kappa shape index (κ1) is 19.7. The number of anilines is 1. The molecular formula is C24H22N2OS2. The molecule has 0 bridgehead atoms. The van der Waals surface area contributed by atoms with Crippen LogP contribution in [0.3, 0.4) is 0 Å². The van der Waals surface area contributed by atoms with E-state index in [1.165, 1.54) is 0 Å². The lowest BCUT2D eigenvalue weighted by Crippen LogP contribution is -2.30. The van der Waals surface area contributed by atoms with Crippen molar-refractivity contribution < 1.29 is 4.79 Å². The van der Waals surface area contributed by atoms with Gasteiger partial charge in [0.2, 0.25) is 0 Å². The van der Waals surface area contributed by atoms with Crippen molar-refractivity contribution in [1.29, 1.82) is 0 Å². The molecule has 5 heteroatoms. The van der Waals surface area contributed by atoms with Crippen LogP contribution in [-0.4, -0.2) is 16.1 Å². The number of carbonyl (C=O) groups excluding carboxylic acids is 1. The van der Waals surface area contributed by atoms with E-state index in [2.05, 4.69) is 19.9 Å². The molecule has 0 saturated carbocycles. The molecule has 1 heterocycles. The topological polar surface area (TPSA) is 33.2 Å². The van der Waals surface area contributed by atoms with Crippen molar-refractivity contribution >= 4 is 44.4 Å². The van der Waals surface area contributed by atoms with E-state index in [1.54, 1.807) is 28.0 Å². The van der Waals surface area contributed by atoms with E-state index in [9.17, 15) is 4.79 Å². The molecule has 0 N–H and O–H groups in total. The van der Waals surface area contributed by atoms with Crippen LogP contribution in [0, 0.1) is 0 Å². The largest absolute Gasteiger partial charge is 0.279 e. The van der Waals surface area contributed by atoms with Crippen LogP contribution in [0.2, 0.25) is 0 Å². The fourth-order valence-corrected chi connectivity index (χ4v) is 4.96. The Bertz CT molecular complexity index is 1090. The second-order valence-corrected chi connectivity index (χ2v) is 9.69. The van der Waals surface area contributed by atoms with Crippen molar-refractivity contribution in [2.45, 2.75) is 30.5 Å². The van der Waals surface area contributed by atoms with E-state index in [0.29, 0.717) is 17.4 Å². The van der Waals surface area contributed by atoms with Crippen LogP contribution in [-0.2, 0) is 6.54 Å². The zero-order chi connectivity index (χ0) is 20.2. The maximum Gasteiger partial charge on any atom is 0.260 e. The van der Waals surface area contributed by atoms with Crippen molar-refractivity contribution in [2.24, 2.45) is 0 Å². The Labute approximate surface area is 179 Å². The lowest BCUT2D eigenvalue weighted by Gasteiger charge is -2.20. The van der Waals surface area contributed by atoms with Crippen molar-refractivity contribution in [3.05, 3.63) is 90.0 Å². The van der Waals surface area contributed by atoms with Crippen LogP contribution < -0.4 is 4.90 Å². The van der Waals surface area contributed by atoms with Crippen LogP contribution >= 0.6 is 23.1 Å². The van der Waals surface area contributed by atoms with Crippen LogP contribution in [0.25, 0.3) is 10.2 Å². The monoisotopic (exact) mass is 418 g/mol. The first-order valence-electron chi connectivity index (χ1n) is 9.58. The summed E-state index contributed by atoms with van der Waals surface area (Å²) in [6.45, 7) is 4.80. The molecule has 1 amide bonds. The molecule has 0 saturated heterocycles.